The molecule has 3 aromatic rings. The number of methoxy groups -OCH3 is 1. The second kappa shape index (κ2) is 8.57. The first-order valence-electron chi connectivity index (χ1n) is 9.09. The number of fused-ring (bicyclic) bond motifs is 1. The number of ether oxygens (including phenoxy) is 2. The molecule has 5 heteroatoms. The first kappa shape index (κ1) is 19.4. The van der Waals surface area contributed by atoms with Gasteiger partial charge < -0.3 is 14.8 Å². The van der Waals surface area contributed by atoms with E-state index in [2.05, 4.69) is 5.32 Å². The van der Waals surface area contributed by atoms with Gasteiger partial charge in [-0.25, -0.2) is 0 Å². The van der Waals surface area contributed by atoms with Crippen molar-refractivity contribution in [3.8, 4) is 11.5 Å². The number of carbonyl (C=O) groups is 2. The summed E-state index contributed by atoms with van der Waals surface area (Å²) in [5.74, 6) is 0.911. The molecule has 0 aliphatic heterocycles. The summed E-state index contributed by atoms with van der Waals surface area (Å²) >= 11 is 0. The van der Waals surface area contributed by atoms with E-state index in [1.54, 1.807) is 38.3 Å². The smallest absolute Gasteiger partial charge is 0.261 e. The van der Waals surface area contributed by atoms with Crippen LogP contribution in [0, 0.1) is 0 Å². The van der Waals surface area contributed by atoms with Crippen LogP contribution >= 0.6 is 0 Å². The minimum atomic E-state index is -0.705. The van der Waals surface area contributed by atoms with Gasteiger partial charge in [-0.3, -0.25) is 9.59 Å². The maximum absolute atomic E-state index is 12.5. The van der Waals surface area contributed by atoms with Crippen molar-refractivity contribution in [2.24, 2.45) is 0 Å². The van der Waals surface area contributed by atoms with Gasteiger partial charge in [0.25, 0.3) is 5.91 Å². The number of ketones is 1. The van der Waals surface area contributed by atoms with Gasteiger partial charge in [0.1, 0.15) is 11.5 Å². The fourth-order valence-electron chi connectivity index (χ4n) is 3.05. The number of Topliss-reactive ketones (excluding diaryl/α,β-unsaturated/α-hetero) is 1. The Balaban J connectivity index is 1.71. The molecule has 3 rings (SSSR count). The van der Waals surface area contributed by atoms with Gasteiger partial charge in [0.2, 0.25) is 0 Å². The van der Waals surface area contributed by atoms with Gasteiger partial charge >= 0.3 is 0 Å². The van der Waals surface area contributed by atoms with E-state index < -0.39 is 6.10 Å². The van der Waals surface area contributed by atoms with Crippen LogP contribution in [0.3, 0.4) is 0 Å². The Bertz CT molecular complexity index is 1010. The monoisotopic (exact) mass is 377 g/mol. The SMILES string of the molecule is COc1ccc2ccccc2c1CNC(=O)C(C)Oc1cccc(C(C)=O)c1. The van der Waals surface area contributed by atoms with Crippen molar-refractivity contribution in [1.29, 1.82) is 0 Å². The zero-order valence-corrected chi connectivity index (χ0v) is 16.2. The second-order valence-corrected chi connectivity index (χ2v) is 6.53. The Kier molecular flexibility index (Phi) is 5.94. The predicted octanol–water partition coefficient (Wildman–Crippen LogP) is 4.13. The van der Waals surface area contributed by atoms with E-state index >= 15 is 0 Å². The molecule has 0 bridgehead atoms. The lowest BCUT2D eigenvalue weighted by molar-refractivity contribution is -0.127. The molecule has 0 aromatic heterocycles. The van der Waals surface area contributed by atoms with Crippen LogP contribution in [0.4, 0.5) is 0 Å². The molecule has 0 saturated carbocycles. The third-order valence-electron chi connectivity index (χ3n) is 4.58. The van der Waals surface area contributed by atoms with Crippen molar-refractivity contribution in [2.75, 3.05) is 7.11 Å². The number of amides is 1. The van der Waals surface area contributed by atoms with Crippen LogP contribution in [0.2, 0.25) is 0 Å². The van der Waals surface area contributed by atoms with Crippen molar-refractivity contribution >= 4 is 22.5 Å². The van der Waals surface area contributed by atoms with Crippen molar-refractivity contribution < 1.29 is 19.1 Å². The number of carbonyl (C=O) groups excluding carboxylic acids is 2. The van der Waals surface area contributed by atoms with E-state index in [0.717, 1.165) is 22.1 Å². The molecule has 1 unspecified atom stereocenters. The van der Waals surface area contributed by atoms with Crippen molar-refractivity contribution in [2.45, 2.75) is 26.5 Å². The fourth-order valence-corrected chi connectivity index (χ4v) is 3.05. The van der Waals surface area contributed by atoms with Crippen LogP contribution in [0.1, 0.15) is 29.8 Å². The van der Waals surface area contributed by atoms with Gasteiger partial charge in [-0.05, 0) is 42.8 Å². The molecule has 28 heavy (non-hydrogen) atoms. The standard InChI is InChI=1S/C23H23NO4/c1-15(25)18-8-6-9-19(13-18)28-16(2)23(26)24-14-21-20-10-5-4-7-17(20)11-12-22(21)27-3/h4-13,16H,14H2,1-3H3,(H,24,26). The third-order valence-corrected chi connectivity index (χ3v) is 4.58. The van der Waals surface area contributed by atoms with Crippen molar-refractivity contribution in [3.63, 3.8) is 0 Å². The summed E-state index contributed by atoms with van der Waals surface area (Å²) < 4.78 is 11.2. The number of rotatable bonds is 7. The Labute approximate surface area is 164 Å². The maximum Gasteiger partial charge on any atom is 0.261 e. The third kappa shape index (κ3) is 4.31. The van der Waals surface area contributed by atoms with Crippen molar-refractivity contribution in [3.05, 3.63) is 71.8 Å². The van der Waals surface area contributed by atoms with E-state index in [1.807, 2.05) is 36.4 Å². The van der Waals surface area contributed by atoms with E-state index in [-0.39, 0.29) is 11.7 Å². The van der Waals surface area contributed by atoms with E-state index in [0.29, 0.717) is 17.9 Å². The molecule has 0 saturated heterocycles. The predicted molar refractivity (Wildman–Crippen MR) is 109 cm³/mol. The zero-order chi connectivity index (χ0) is 20.1. The van der Waals surface area contributed by atoms with E-state index in [9.17, 15) is 9.59 Å². The van der Waals surface area contributed by atoms with E-state index in [4.69, 9.17) is 9.47 Å². The second-order valence-electron chi connectivity index (χ2n) is 6.53. The summed E-state index contributed by atoms with van der Waals surface area (Å²) in [5.41, 5.74) is 1.46. The highest BCUT2D eigenvalue weighted by Gasteiger charge is 2.16. The van der Waals surface area contributed by atoms with Crippen LogP contribution in [0.15, 0.2) is 60.7 Å². The summed E-state index contributed by atoms with van der Waals surface area (Å²) in [6.45, 7) is 3.49. The van der Waals surface area contributed by atoms with Gasteiger partial charge in [0, 0.05) is 17.7 Å². The van der Waals surface area contributed by atoms with Gasteiger partial charge in [-0.15, -0.1) is 0 Å². The molecule has 0 fully saturated rings. The average molecular weight is 377 g/mol. The number of hydrogen-bond acceptors (Lipinski definition) is 4. The molecule has 3 aromatic carbocycles. The van der Waals surface area contributed by atoms with E-state index in [1.165, 1.54) is 6.92 Å². The molecule has 1 atom stereocenters. The first-order chi connectivity index (χ1) is 13.5. The summed E-state index contributed by atoms with van der Waals surface area (Å²) in [5, 5.41) is 5.03. The summed E-state index contributed by atoms with van der Waals surface area (Å²) in [6, 6.07) is 18.7. The minimum Gasteiger partial charge on any atom is -0.496 e. The molecule has 144 valence electrons. The minimum absolute atomic E-state index is 0.0504. The molecular formula is C23H23NO4. The summed E-state index contributed by atoms with van der Waals surface area (Å²) in [4.78, 5) is 24.0. The summed E-state index contributed by atoms with van der Waals surface area (Å²) in [7, 11) is 1.61. The molecular weight excluding hydrogens is 354 g/mol. The van der Waals surface area contributed by atoms with Crippen LogP contribution in [0.5, 0.6) is 11.5 Å². The topological polar surface area (TPSA) is 64.6 Å². The Morgan fingerprint density at radius 1 is 1.04 bits per heavy atom. The number of hydrogen-bond donors (Lipinski definition) is 1. The lowest BCUT2D eigenvalue weighted by atomic mass is 10.0. The Morgan fingerprint density at radius 3 is 2.57 bits per heavy atom. The van der Waals surface area contributed by atoms with Crippen LogP contribution in [-0.4, -0.2) is 24.9 Å². The highest BCUT2D eigenvalue weighted by Crippen LogP contribution is 2.27. The summed E-state index contributed by atoms with van der Waals surface area (Å²) in [6.07, 6.45) is -0.705. The Morgan fingerprint density at radius 2 is 1.82 bits per heavy atom. The normalized spacial score (nSPS) is 11.7. The maximum atomic E-state index is 12.5. The average Bonchev–Trinajstić information content (AvgIpc) is 2.71. The lowest BCUT2D eigenvalue weighted by Crippen LogP contribution is -2.36. The first-order valence-corrected chi connectivity index (χ1v) is 9.09. The highest BCUT2D eigenvalue weighted by molar-refractivity contribution is 5.94. The van der Waals surface area contributed by atoms with Crippen molar-refractivity contribution in [1.82, 2.24) is 5.32 Å². The lowest BCUT2D eigenvalue weighted by Gasteiger charge is -2.17. The zero-order valence-electron chi connectivity index (χ0n) is 16.2. The molecule has 1 amide bonds. The molecule has 0 aliphatic rings. The Hall–Kier alpha value is -3.34. The van der Waals surface area contributed by atoms with Gasteiger partial charge in [0.05, 0.1) is 7.11 Å². The van der Waals surface area contributed by atoms with Crippen LogP contribution in [0.25, 0.3) is 10.8 Å². The number of nitrogens with one attached hydrogen (secondary N) is 1. The van der Waals surface area contributed by atoms with Gasteiger partial charge in [0.15, 0.2) is 11.9 Å². The quantitative estimate of drug-likeness (QED) is 0.629. The van der Waals surface area contributed by atoms with Crippen LogP contribution in [-0.2, 0) is 11.3 Å². The molecule has 0 heterocycles. The molecule has 0 aliphatic carbocycles. The number of benzene rings is 3. The molecule has 1 N–H and O–H groups in total. The van der Waals surface area contributed by atoms with Crippen LogP contribution < -0.4 is 14.8 Å². The fraction of sp³-hybridized carbons (Fsp3) is 0.217. The van der Waals surface area contributed by atoms with Gasteiger partial charge in [-0.1, -0.05) is 42.5 Å². The molecule has 0 spiro atoms. The van der Waals surface area contributed by atoms with Gasteiger partial charge in [-0.2, -0.15) is 0 Å². The molecule has 0 radical (unpaired) electrons. The largest absolute Gasteiger partial charge is 0.496 e. The highest BCUT2D eigenvalue weighted by atomic mass is 16.5. The molecule has 5 nitrogen and oxygen atoms in total.